The van der Waals surface area contributed by atoms with Gasteiger partial charge in [-0.3, -0.25) is 14.7 Å². The van der Waals surface area contributed by atoms with Gasteiger partial charge in [-0.25, -0.2) is 0 Å². The van der Waals surface area contributed by atoms with E-state index in [0.717, 1.165) is 24.2 Å². The van der Waals surface area contributed by atoms with Gasteiger partial charge in [0.2, 0.25) is 0 Å². The third-order valence-electron chi connectivity index (χ3n) is 4.79. The first kappa shape index (κ1) is 19.1. The molecule has 134 valence electrons. The Morgan fingerprint density at radius 1 is 1.12 bits per heavy atom. The van der Waals surface area contributed by atoms with Crippen molar-refractivity contribution in [3.8, 4) is 0 Å². The minimum Gasteiger partial charge on any atom is -0.335 e. The van der Waals surface area contributed by atoms with E-state index in [0.29, 0.717) is 6.04 Å². The maximum absolute atomic E-state index is 12.8. The van der Waals surface area contributed by atoms with Gasteiger partial charge < -0.3 is 4.90 Å². The summed E-state index contributed by atoms with van der Waals surface area (Å²) in [5.74, 6) is 0.0270. The Hall–Kier alpha value is -2.20. The molecule has 1 amide bonds. The third kappa shape index (κ3) is 4.89. The van der Waals surface area contributed by atoms with Crippen molar-refractivity contribution in [3.05, 3.63) is 65.5 Å². The Morgan fingerprint density at radius 2 is 1.80 bits per heavy atom. The van der Waals surface area contributed by atoms with Crippen LogP contribution in [0.2, 0.25) is 0 Å². The van der Waals surface area contributed by atoms with Crippen LogP contribution < -0.4 is 0 Å². The summed E-state index contributed by atoms with van der Waals surface area (Å²) in [7, 11) is 1.84. The highest BCUT2D eigenvalue weighted by atomic mass is 16.2. The van der Waals surface area contributed by atoms with Crippen LogP contribution >= 0.6 is 0 Å². The summed E-state index contributed by atoms with van der Waals surface area (Å²) in [5.41, 5.74) is 2.98. The zero-order valence-corrected chi connectivity index (χ0v) is 15.9. The number of nitrogens with zero attached hydrogens (tertiary/aromatic N) is 3. The molecule has 0 radical (unpaired) electrons. The summed E-state index contributed by atoms with van der Waals surface area (Å²) in [6.07, 6.45) is 3.55. The van der Waals surface area contributed by atoms with E-state index in [-0.39, 0.29) is 11.9 Å². The van der Waals surface area contributed by atoms with Crippen molar-refractivity contribution in [2.24, 2.45) is 0 Å². The lowest BCUT2D eigenvalue weighted by Crippen LogP contribution is -2.30. The highest BCUT2D eigenvalue weighted by molar-refractivity contribution is 5.94. The number of pyridine rings is 1. The van der Waals surface area contributed by atoms with Gasteiger partial charge in [0.05, 0.1) is 6.04 Å². The molecule has 1 aromatic heterocycles. The molecule has 0 N–H and O–H groups in total. The summed E-state index contributed by atoms with van der Waals surface area (Å²) < 4.78 is 0. The standard InChI is InChI=1S/C21H29N3O/c1-6-24(16(2)3)15-18-9-11-19(12-10-18)21(25)23(5)17(4)20-8-7-13-22-14-20/h7-14,16-17H,6,15H2,1-5H3/t17-/m1/s1. The summed E-state index contributed by atoms with van der Waals surface area (Å²) in [6, 6.07) is 12.4. The van der Waals surface area contributed by atoms with Gasteiger partial charge in [-0.1, -0.05) is 25.1 Å². The number of amides is 1. The normalized spacial score (nSPS) is 12.4. The first-order valence-electron chi connectivity index (χ1n) is 8.94. The number of carbonyl (C=O) groups is 1. The highest BCUT2D eigenvalue weighted by Crippen LogP contribution is 2.20. The number of carbonyl (C=O) groups excluding carboxylic acids is 1. The fourth-order valence-corrected chi connectivity index (χ4v) is 2.87. The van der Waals surface area contributed by atoms with Crippen LogP contribution in [0.5, 0.6) is 0 Å². The molecular weight excluding hydrogens is 310 g/mol. The summed E-state index contributed by atoms with van der Waals surface area (Å²) in [4.78, 5) is 21.1. The van der Waals surface area contributed by atoms with E-state index in [9.17, 15) is 4.79 Å². The molecule has 0 aliphatic carbocycles. The lowest BCUT2D eigenvalue weighted by molar-refractivity contribution is 0.0742. The second-order valence-electron chi connectivity index (χ2n) is 6.73. The van der Waals surface area contributed by atoms with Gasteiger partial charge in [0.25, 0.3) is 5.91 Å². The number of benzene rings is 1. The van der Waals surface area contributed by atoms with Crippen molar-refractivity contribution >= 4 is 5.91 Å². The molecule has 0 saturated heterocycles. The molecule has 2 aromatic rings. The molecule has 0 spiro atoms. The van der Waals surface area contributed by atoms with Gasteiger partial charge in [0.15, 0.2) is 0 Å². The molecule has 0 unspecified atom stereocenters. The first-order valence-corrected chi connectivity index (χ1v) is 8.94. The molecule has 4 nitrogen and oxygen atoms in total. The molecule has 0 aliphatic heterocycles. The minimum atomic E-state index is -0.0163. The summed E-state index contributed by atoms with van der Waals surface area (Å²) >= 11 is 0. The van der Waals surface area contributed by atoms with Crippen LogP contribution in [0.25, 0.3) is 0 Å². The molecule has 2 rings (SSSR count). The summed E-state index contributed by atoms with van der Waals surface area (Å²) in [5, 5.41) is 0. The monoisotopic (exact) mass is 339 g/mol. The first-order chi connectivity index (χ1) is 11.9. The number of aromatic nitrogens is 1. The van der Waals surface area contributed by atoms with E-state index in [2.05, 4.69) is 42.8 Å². The van der Waals surface area contributed by atoms with E-state index >= 15 is 0 Å². The van der Waals surface area contributed by atoms with Crippen molar-refractivity contribution < 1.29 is 4.79 Å². The average molecular weight is 339 g/mol. The van der Waals surface area contributed by atoms with Crippen molar-refractivity contribution in [1.82, 2.24) is 14.8 Å². The second kappa shape index (κ2) is 8.77. The van der Waals surface area contributed by atoms with Crippen LogP contribution in [0, 0.1) is 0 Å². The largest absolute Gasteiger partial charge is 0.335 e. The van der Waals surface area contributed by atoms with Gasteiger partial charge in [-0.15, -0.1) is 0 Å². The molecule has 1 aromatic carbocycles. The predicted molar refractivity (Wildman–Crippen MR) is 102 cm³/mol. The van der Waals surface area contributed by atoms with Crippen molar-refractivity contribution in [2.45, 2.75) is 46.3 Å². The van der Waals surface area contributed by atoms with Crippen molar-refractivity contribution in [2.75, 3.05) is 13.6 Å². The smallest absolute Gasteiger partial charge is 0.254 e. The Bertz CT molecular complexity index is 667. The van der Waals surface area contributed by atoms with E-state index in [1.165, 1.54) is 5.56 Å². The molecule has 0 fully saturated rings. The molecule has 4 heteroatoms. The highest BCUT2D eigenvalue weighted by Gasteiger charge is 2.19. The van der Waals surface area contributed by atoms with Crippen LogP contribution in [0.4, 0.5) is 0 Å². The molecule has 1 heterocycles. The average Bonchev–Trinajstić information content (AvgIpc) is 2.65. The maximum atomic E-state index is 12.8. The zero-order chi connectivity index (χ0) is 18.4. The van der Waals surface area contributed by atoms with Gasteiger partial charge in [-0.05, 0) is 56.6 Å². The van der Waals surface area contributed by atoms with Crippen molar-refractivity contribution in [1.29, 1.82) is 0 Å². The Morgan fingerprint density at radius 3 is 2.32 bits per heavy atom. The topological polar surface area (TPSA) is 36.4 Å². The van der Waals surface area contributed by atoms with Gasteiger partial charge in [-0.2, -0.15) is 0 Å². The van der Waals surface area contributed by atoms with Crippen LogP contribution in [0.3, 0.4) is 0 Å². The zero-order valence-electron chi connectivity index (χ0n) is 15.9. The molecule has 1 atom stereocenters. The fraction of sp³-hybridized carbons (Fsp3) is 0.429. The molecule has 0 aliphatic rings. The van der Waals surface area contributed by atoms with Crippen LogP contribution in [-0.2, 0) is 6.54 Å². The van der Waals surface area contributed by atoms with Gasteiger partial charge in [0.1, 0.15) is 0 Å². The SMILES string of the molecule is CCN(Cc1ccc(C(=O)N(C)[C@H](C)c2cccnc2)cc1)C(C)C. The summed E-state index contributed by atoms with van der Waals surface area (Å²) in [6.45, 7) is 10.5. The van der Waals surface area contributed by atoms with E-state index < -0.39 is 0 Å². The number of hydrogen-bond donors (Lipinski definition) is 0. The Balaban J connectivity index is 2.07. The van der Waals surface area contributed by atoms with E-state index in [1.54, 1.807) is 11.1 Å². The van der Waals surface area contributed by atoms with Crippen molar-refractivity contribution in [3.63, 3.8) is 0 Å². The van der Waals surface area contributed by atoms with Crippen LogP contribution in [0.1, 0.15) is 55.2 Å². The lowest BCUT2D eigenvalue weighted by Gasteiger charge is -2.26. The minimum absolute atomic E-state index is 0.0163. The van der Waals surface area contributed by atoms with Crippen LogP contribution in [-0.4, -0.2) is 40.3 Å². The Kier molecular flexibility index (Phi) is 6.71. The Labute approximate surface area is 151 Å². The fourth-order valence-electron chi connectivity index (χ4n) is 2.87. The van der Waals surface area contributed by atoms with E-state index in [1.807, 2.05) is 44.4 Å². The number of hydrogen-bond acceptors (Lipinski definition) is 3. The predicted octanol–water partition coefficient (Wildman–Crippen LogP) is 4.15. The second-order valence-corrected chi connectivity index (χ2v) is 6.73. The lowest BCUT2D eigenvalue weighted by atomic mass is 10.1. The molecule has 0 bridgehead atoms. The molecule has 25 heavy (non-hydrogen) atoms. The maximum Gasteiger partial charge on any atom is 0.254 e. The third-order valence-corrected chi connectivity index (χ3v) is 4.79. The van der Waals surface area contributed by atoms with Crippen LogP contribution in [0.15, 0.2) is 48.8 Å². The number of rotatable bonds is 7. The quantitative estimate of drug-likeness (QED) is 0.760. The molecule has 0 saturated carbocycles. The van der Waals surface area contributed by atoms with E-state index in [4.69, 9.17) is 0 Å². The molecular formula is C21H29N3O. The van der Waals surface area contributed by atoms with Gasteiger partial charge in [0, 0.05) is 37.6 Å². The van der Waals surface area contributed by atoms with Gasteiger partial charge >= 0.3 is 0 Å².